The second-order valence-electron chi connectivity index (χ2n) is 5.15. The van der Waals surface area contributed by atoms with E-state index in [1.165, 1.54) is 12.4 Å². The Balaban J connectivity index is 0.00000312. The van der Waals surface area contributed by atoms with E-state index in [-0.39, 0.29) is 36.3 Å². The molecule has 1 aromatic heterocycles. The molecule has 0 saturated heterocycles. The Morgan fingerprint density at radius 2 is 2.12 bits per heavy atom. The van der Waals surface area contributed by atoms with Gasteiger partial charge >= 0.3 is 6.55 Å². The minimum absolute atomic E-state index is 0. The summed E-state index contributed by atoms with van der Waals surface area (Å²) in [7, 11) is 1.87. The highest BCUT2D eigenvalue weighted by atomic mass is 127. The molecule has 0 atom stereocenters. The third kappa shape index (κ3) is 6.10. The zero-order valence-electron chi connectivity index (χ0n) is 14.0. The zero-order valence-corrected chi connectivity index (χ0v) is 17.1. The summed E-state index contributed by atoms with van der Waals surface area (Å²) in [5.74, 6) is 0.813. The molecule has 5 nitrogen and oxygen atoms in total. The number of rotatable bonds is 6. The molecule has 0 aliphatic rings. The van der Waals surface area contributed by atoms with E-state index in [0.29, 0.717) is 24.1 Å². The van der Waals surface area contributed by atoms with Crippen LogP contribution in [0.2, 0.25) is 5.02 Å². The molecule has 0 saturated carbocycles. The molecule has 2 aromatic rings. The van der Waals surface area contributed by atoms with Crippen molar-refractivity contribution < 1.29 is 8.78 Å². The molecule has 25 heavy (non-hydrogen) atoms. The van der Waals surface area contributed by atoms with Crippen LogP contribution in [0.4, 0.5) is 8.78 Å². The lowest BCUT2D eigenvalue weighted by Crippen LogP contribution is -2.38. The van der Waals surface area contributed by atoms with Gasteiger partial charge in [0, 0.05) is 37.6 Å². The van der Waals surface area contributed by atoms with Gasteiger partial charge in [-0.25, -0.2) is 9.98 Å². The second-order valence-corrected chi connectivity index (χ2v) is 5.55. The lowest BCUT2D eigenvalue weighted by Gasteiger charge is -2.22. The molecule has 0 fully saturated rings. The molecule has 0 radical (unpaired) electrons. The molecule has 9 heteroatoms. The lowest BCUT2D eigenvalue weighted by molar-refractivity contribution is 0.0671. The van der Waals surface area contributed by atoms with Gasteiger partial charge in [-0.3, -0.25) is 4.57 Å². The third-order valence-corrected chi connectivity index (χ3v) is 3.76. The number of aromatic nitrogens is 2. The SMILES string of the molecule is CCNC(=NCc1nccn1C(F)F)N(C)Cc1ccccc1Cl.I. The van der Waals surface area contributed by atoms with Crippen LogP contribution < -0.4 is 5.32 Å². The van der Waals surface area contributed by atoms with Crippen LogP contribution in [0.1, 0.15) is 24.9 Å². The van der Waals surface area contributed by atoms with Crippen molar-refractivity contribution in [2.45, 2.75) is 26.6 Å². The van der Waals surface area contributed by atoms with Crippen LogP contribution in [0.15, 0.2) is 41.7 Å². The summed E-state index contributed by atoms with van der Waals surface area (Å²) in [6.45, 7) is 0.594. The minimum Gasteiger partial charge on any atom is -0.357 e. The molecule has 0 amide bonds. The van der Waals surface area contributed by atoms with Crippen molar-refractivity contribution in [1.29, 1.82) is 0 Å². The number of imidazole rings is 1. The molecule has 0 aliphatic heterocycles. The van der Waals surface area contributed by atoms with Gasteiger partial charge in [0.1, 0.15) is 12.4 Å². The first kappa shape index (κ1) is 21.6. The van der Waals surface area contributed by atoms with Gasteiger partial charge in [0.15, 0.2) is 5.96 Å². The van der Waals surface area contributed by atoms with Crippen LogP contribution in [-0.2, 0) is 13.1 Å². The predicted molar refractivity (Wildman–Crippen MR) is 107 cm³/mol. The first-order valence-corrected chi connectivity index (χ1v) is 7.93. The van der Waals surface area contributed by atoms with Crippen molar-refractivity contribution in [2.75, 3.05) is 13.6 Å². The lowest BCUT2D eigenvalue weighted by atomic mass is 10.2. The summed E-state index contributed by atoms with van der Waals surface area (Å²) in [6, 6.07) is 7.55. The van der Waals surface area contributed by atoms with E-state index in [1.54, 1.807) is 0 Å². The van der Waals surface area contributed by atoms with Crippen LogP contribution in [-0.4, -0.2) is 34.0 Å². The second kappa shape index (κ2) is 10.5. The smallest absolute Gasteiger partial charge is 0.319 e. The van der Waals surface area contributed by atoms with Crippen molar-refractivity contribution in [3.05, 3.63) is 53.1 Å². The standard InChI is InChI=1S/C16H20ClF2N5.HI/c1-3-20-16(22-10-14-21-8-9-24(14)15(18)19)23(2)11-12-6-4-5-7-13(12)17;/h4-9,15H,3,10-11H2,1-2H3,(H,20,22);1H. The van der Waals surface area contributed by atoms with Gasteiger partial charge in [-0.05, 0) is 18.6 Å². The largest absolute Gasteiger partial charge is 0.357 e. The number of alkyl halides is 2. The zero-order chi connectivity index (χ0) is 17.5. The highest BCUT2D eigenvalue weighted by Gasteiger charge is 2.12. The summed E-state index contributed by atoms with van der Waals surface area (Å²) >= 11 is 6.18. The summed E-state index contributed by atoms with van der Waals surface area (Å²) in [6.07, 6.45) is 2.59. The fourth-order valence-electron chi connectivity index (χ4n) is 2.22. The Hall–Kier alpha value is -1.42. The topological polar surface area (TPSA) is 45.5 Å². The normalized spacial score (nSPS) is 11.4. The van der Waals surface area contributed by atoms with Crippen LogP contribution >= 0.6 is 35.6 Å². The van der Waals surface area contributed by atoms with E-state index < -0.39 is 6.55 Å². The van der Waals surface area contributed by atoms with Crippen molar-refractivity contribution >= 4 is 41.5 Å². The van der Waals surface area contributed by atoms with Crippen molar-refractivity contribution in [3.8, 4) is 0 Å². The molecule has 0 aliphatic carbocycles. The number of halogens is 4. The maximum Gasteiger partial charge on any atom is 0.319 e. The first-order valence-electron chi connectivity index (χ1n) is 7.55. The summed E-state index contributed by atoms with van der Waals surface area (Å²) in [4.78, 5) is 10.2. The number of hydrogen-bond donors (Lipinski definition) is 1. The molecule has 138 valence electrons. The van der Waals surface area contributed by atoms with Crippen LogP contribution in [0, 0.1) is 0 Å². The number of aliphatic imine (C=N–C) groups is 1. The van der Waals surface area contributed by atoms with Gasteiger partial charge in [0.05, 0.1) is 0 Å². The number of hydrogen-bond acceptors (Lipinski definition) is 2. The molecule has 1 aromatic carbocycles. The quantitative estimate of drug-likeness (QED) is 0.381. The number of benzene rings is 1. The molecular formula is C16H21ClF2IN5. The van der Waals surface area contributed by atoms with Gasteiger partial charge in [-0.1, -0.05) is 29.8 Å². The maximum atomic E-state index is 12.9. The highest BCUT2D eigenvalue weighted by molar-refractivity contribution is 14.0. The van der Waals surface area contributed by atoms with Crippen molar-refractivity contribution in [2.24, 2.45) is 4.99 Å². The van der Waals surface area contributed by atoms with Crippen molar-refractivity contribution in [3.63, 3.8) is 0 Å². The van der Waals surface area contributed by atoms with E-state index in [0.717, 1.165) is 10.1 Å². The van der Waals surface area contributed by atoms with Gasteiger partial charge in [-0.2, -0.15) is 8.78 Å². The fourth-order valence-corrected chi connectivity index (χ4v) is 2.41. The van der Waals surface area contributed by atoms with Gasteiger partial charge < -0.3 is 10.2 Å². The molecule has 1 N–H and O–H groups in total. The summed E-state index contributed by atoms with van der Waals surface area (Å²) in [5.41, 5.74) is 0.960. The third-order valence-electron chi connectivity index (χ3n) is 3.39. The van der Waals surface area contributed by atoms with Gasteiger partial charge in [0.25, 0.3) is 0 Å². The highest BCUT2D eigenvalue weighted by Crippen LogP contribution is 2.17. The van der Waals surface area contributed by atoms with E-state index in [2.05, 4.69) is 15.3 Å². The van der Waals surface area contributed by atoms with Gasteiger partial charge in [0.2, 0.25) is 0 Å². The number of guanidine groups is 1. The molecule has 1 heterocycles. The Labute approximate surface area is 168 Å². The average molecular weight is 484 g/mol. The minimum atomic E-state index is -2.62. The molecular weight excluding hydrogens is 463 g/mol. The van der Waals surface area contributed by atoms with E-state index in [9.17, 15) is 8.78 Å². The summed E-state index contributed by atoms with van der Waals surface area (Å²) in [5, 5.41) is 3.82. The van der Waals surface area contributed by atoms with Crippen molar-refractivity contribution in [1.82, 2.24) is 19.8 Å². The first-order chi connectivity index (χ1) is 11.5. The number of nitrogens with zero attached hydrogens (tertiary/aromatic N) is 4. The summed E-state index contributed by atoms with van der Waals surface area (Å²) < 4.78 is 26.5. The molecule has 0 unspecified atom stereocenters. The van der Waals surface area contributed by atoms with E-state index in [1.807, 2.05) is 43.1 Å². The van der Waals surface area contributed by atoms with Crippen LogP contribution in [0.25, 0.3) is 0 Å². The molecule has 0 bridgehead atoms. The van der Waals surface area contributed by atoms with Crippen LogP contribution in [0.3, 0.4) is 0 Å². The maximum absolute atomic E-state index is 12.9. The molecule has 0 spiro atoms. The van der Waals surface area contributed by atoms with E-state index in [4.69, 9.17) is 11.6 Å². The average Bonchev–Trinajstić information content (AvgIpc) is 3.02. The fraction of sp³-hybridized carbons (Fsp3) is 0.375. The Bertz CT molecular complexity index is 693. The Kier molecular flexibility index (Phi) is 9.12. The monoisotopic (exact) mass is 483 g/mol. The van der Waals surface area contributed by atoms with Gasteiger partial charge in [-0.15, -0.1) is 24.0 Å². The Morgan fingerprint density at radius 1 is 1.40 bits per heavy atom. The molecule has 2 rings (SSSR count). The van der Waals surface area contributed by atoms with Crippen LogP contribution in [0.5, 0.6) is 0 Å². The Morgan fingerprint density at radius 3 is 2.76 bits per heavy atom. The predicted octanol–water partition coefficient (Wildman–Crippen LogP) is 4.15. The number of nitrogens with one attached hydrogen (secondary N) is 1. The van der Waals surface area contributed by atoms with E-state index >= 15 is 0 Å².